The summed E-state index contributed by atoms with van der Waals surface area (Å²) in [6.45, 7) is 3.52. The first-order chi connectivity index (χ1) is 26.8. The average Bonchev–Trinajstić information content (AvgIpc) is 3.18. The monoisotopic (exact) mass is 803 g/mol. The molecule has 9 nitrogen and oxygen atoms in total. The lowest BCUT2D eigenvalue weighted by Gasteiger charge is -2.20. The molecule has 0 saturated carbocycles. The van der Waals surface area contributed by atoms with Gasteiger partial charge in [0.2, 0.25) is 0 Å². The molecule has 3 unspecified atom stereocenters. The fraction of sp³-hybridized carbons (Fsp3) is 0.889. The minimum Gasteiger partial charge on any atom is -0.457 e. The Labute approximate surface area is 338 Å². The van der Waals surface area contributed by atoms with Gasteiger partial charge in [0.1, 0.15) is 12.2 Å². The highest BCUT2D eigenvalue weighted by atomic mass is 31.2. The molecule has 0 spiro atoms. The van der Waals surface area contributed by atoms with Crippen molar-refractivity contribution in [2.45, 2.75) is 225 Å². The average molecular weight is 803 g/mol. The third-order valence-corrected chi connectivity index (χ3v) is 10.8. The van der Waals surface area contributed by atoms with Crippen LogP contribution in [0.25, 0.3) is 0 Å². The molecule has 0 aliphatic rings. The van der Waals surface area contributed by atoms with Gasteiger partial charge in [-0.05, 0) is 44.9 Å². The summed E-state index contributed by atoms with van der Waals surface area (Å²) < 4.78 is 33.4. The molecular formula is C45H87O9P. The zero-order valence-electron chi connectivity index (χ0n) is 35.7. The predicted octanol–water partition coefficient (Wildman–Crippen LogP) is 12.6. The molecule has 0 heterocycles. The van der Waals surface area contributed by atoms with Gasteiger partial charge in [0.15, 0.2) is 0 Å². The lowest BCUT2D eigenvalue weighted by atomic mass is 10.0. The van der Waals surface area contributed by atoms with Crippen LogP contribution in [0.1, 0.15) is 213 Å². The standard InChI is InChI=1S/C45H87O9P/c1-3-5-7-9-11-13-15-17-18-19-20-21-22-23-24-25-26-28-30-32-34-36-38-51-41-44(42-53-55(49,50)52-40-43(47)39-46)54-45(48)37-35-33-31-29-27-16-14-12-10-8-6-4-2/h15,17,19-20,43-44,46-47H,3-14,16,18,21-42H2,1-2H3,(H,49,50)/b17-15-,20-19-. The van der Waals surface area contributed by atoms with Crippen molar-refractivity contribution in [1.82, 2.24) is 0 Å². The molecule has 0 amide bonds. The normalized spacial score (nSPS) is 14.2. The number of hydrogen-bond acceptors (Lipinski definition) is 8. The Balaban J connectivity index is 4.06. The topological polar surface area (TPSA) is 132 Å². The molecule has 3 N–H and O–H groups in total. The van der Waals surface area contributed by atoms with Crippen LogP contribution in [-0.4, -0.2) is 66.3 Å². The van der Waals surface area contributed by atoms with Crippen LogP contribution >= 0.6 is 7.82 Å². The van der Waals surface area contributed by atoms with Gasteiger partial charge in [-0.3, -0.25) is 13.8 Å². The molecule has 10 heteroatoms. The van der Waals surface area contributed by atoms with E-state index in [9.17, 15) is 19.4 Å². The van der Waals surface area contributed by atoms with Crippen LogP contribution in [0.3, 0.4) is 0 Å². The van der Waals surface area contributed by atoms with Crippen molar-refractivity contribution in [3.8, 4) is 0 Å². The third kappa shape index (κ3) is 42.4. The van der Waals surface area contributed by atoms with Gasteiger partial charge >= 0.3 is 13.8 Å². The summed E-state index contributed by atoms with van der Waals surface area (Å²) in [6, 6.07) is 0. The number of aliphatic hydroxyl groups excluding tert-OH is 2. The minimum atomic E-state index is -4.51. The van der Waals surface area contributed by atoms with Crippen LogP contribution in [0.15, 0.2) is 24.3 Å². The number of aliphatic hydroxyl groups is 2. The van der Waals surface area contributed by atoms with Gasteiger partial charge in [-0.2, -0.15) is 0 Å². The summed E-state index contributed by atoms with van der Waals surface area (Å²) in [5.41, 5.74) is 0. The maximum absolute atomic E-state index is 12.6. The smallest absolute Gasteiger partial charge is 0.457 e. The van der Waals surface area contributed by atoms with Crippen molar-refractivity contribution in [3.05, 3.63) is 24.3 Å². The largest absolute Gasteiger partial charge is 0.472 e. The van der Waals surface area contributed by atoms with Gasteiger partial charge in [-0.15, -0.1) is 0 Å². The Morgan fingerprint density at radius 2 is 0.982 bits per heavy atom. The molecule has 0 aromatic heterocycles. The van der Waals surface area contributed by atoms with E-state index in [0.717, 1.165) is 44.9 Å². The molecule has 0 aliphatic heterocycles. The van der Waals surface area contributed by atoms with E-state index in [2.05, 4.69) is 38.2 Å². The highest BCUT2D eigenvalue weighted by Crippen LogP contribution is 2.43. The molecule has 0 aromatic rings. The number of allylic oxidation sites excluding steroid dienone is 4. The molecule has 0 saturated heterocycles. The van der Waals surface area contributed by atoms with E-state index < -0.39 is 33.2 Å². The van der Waals surface area contributed by atoms with Crippen molar-refractivity contribution in [2.75, 3.05) is 33.0 Å². The molecule has 55 heavy (non-hydrogen) atoms. The first-order valence-corrected chi connectivity index (χ1v) is 24.3. The fourth-order valence-electron chi connectivity index (χ4n) is 6.39. The SMILES string of the molecule is CCCCCCC/C=C\C/C=C\CCCCCCCCCCCCOCC(COP(=O)(O)OCC(O)CO)OC(=O)CCCCCCCCCCCCCC. The molecule has 326 valence electrons. The molecule has 0 radical (unpaired) electrons. The summed E-state index contributed by atoms with van der Waals surface area (Å²) in [6.07, 6.45) is 44.2. The van der Waals surface area contributed by atoms with E-state index in [-0.39, 0.29) is 25.6 Å². The molecule has 0 bridgehead atoms. The van der Waals surface area contributed by atoms with E-state index >= 15 is 0 Å². The summed E-state index contributed by atoms with van der Waals surface area (Å²) in [7, 11) is -4.51. The minimum absolute atomic E-state index is 0.0511. The number of phosphoric ester groups is 1. The van der Waals surface area contributed by atoms with Gasteiger partial charge in [0.05, 0.1) is 26.4 Å². The van der Waals surface area contributed by atoms with Crippen molar-refractivity contribution >= 4 is 13.8 Å². The summed E-state index contributed by atoms with van der Waals surface area (Å²) in [5, 5.41) is 18.3. The second-order valence-corrected chi connectivity index (χ2v) is 16.9. The van der Waals surface area contributed by atoms with Crippen molar-refractivity contribution in [1.29, 1.82) is 0 Å². The number of hydrogen-bond donors (Lipinski definition) is 3. The zero-order chi connectivity index (χ0) is 40.3. The van der Waals surface area contributed by atoms with Gasteiger partial charge in [0, 0.05) is 13.0 Å². The predicted molar refractivity (Wildman–Crippen MR) is 228 cm³/mol. The van der Waals surface area contributed by atoms with E-state index in [1.54, 1.807) is 0 Å². The van der Waals surface area contributed by atoms with Crippen molar-refractivity contribution < 1.29 is 43.0 Å². The Kier molecular flexibility index (Phi) is 41.7. The highest BCUT2D eigenvalue weighted by Gasteiger charge is 2.26. The van der Waals surface area contributed by atoms with E-state index in [4.69, 9.17) is 23.6 Å². The Morgan fingerprint density at radius 1 is 0.564 bits per heavy atom. The molecule has 3 atom stereocenters. The van der Waals surface area contributed by atoms with Gasteiger partial charge < -0.3 is 24.6 Å². The number of carbonyl (C=O) groups excluding carboxylic acids is 1. The fourth-order valence-corrected chi connectivity index (χ4v) is 7.18. The number of carbonyl (C=O) groups is 1. The third-order valence-electron chi connectivity index (χ3n) is 9.89. The first kappa shape index (κ1) is 53.9. The van der Waals surface area contributed by atoms with E-state index in [1.807, 2.05) is 0 Å². The second-order valence-electron chi connectivity index (χ2n) is 15.4. The lowest BCUT2D eigenvalue weighted by molar-refractivity contribution is -0.154. The Bertz CT molecular complexity index is 913. The van der Waals surface area contributed by atoms with Crippen LogP contribution in [0, 0.1) is 0 Å². The summed E-state index contributed by atoms with van der Waals surface area (Å²) in [4.78, 5) is 22.6. The molecule has 0 rings (SSSR count). The van der Waals surface area contributed by atoms with E-state index in [1.165, 1.54) is 148 Å². The van der Waals surface area contributed by atoms with Gasteiger partial charge in [-0.1, -0.05) is 186 Å². The maximum atomic E-state index is 12.6. The highest BCUT2D eigenvalue weighted by molar-refractivity contribution is 7.47. The summed E-state index contributed by atoms with van der Waals surface area (Å²) >= 11 is 0. The number of rotatable bonds is 44. The van der Waals surface area contributed by atoms with Crippen LogP contribution < -0.4 is 0 Å². The van der Waals surface area contributed by atoms with Gasteiger partial charge in [-0.25, -0.2) is 4.57 Å². The second kappa shape index (κ2) is 42.5. The Hall–Kier alpha value is -1.06. The number of unbranched alkanes of at least 4 members (excludes halogenated alkanes) is 26. The molecule has 0 aromatic carbocycles. The van der Waals surface area contributed by atoms with Gasteiger partial charge in [0.25, 0.3) is 0 Å². The van der Waals surface area contributed by atoms with Crippen molar-refractivity contribution in [2.24, 2.45) is 0 Å². The summed E-state index contributed by atoms with van der Waals surface area (Å²) in [5.74, 6) is -0.382. The maximum Gasteiger partial charge on any atom is 0.472 e. The number of phosphoric acid groups is 1. The Morgan fingerprint density at radius 3 is 1.45 bits per heavy atom. The van der Waals surface area contributed by atoms with Crippen LogP contribution in [0.5, 0.6) is 0 Å². The lowest BCUT2D eigenvalue weighted by Crippen LogP contribution is -2.29. The van der Waals surface area contributed by atoms with Crippen LogP contribution in [0.2, 0.25) is 0 Å². The van der Waals surface area contributed by atoms with Crippen LogP contribution in [-0.2, 0) is 27.9 Å². The first-order valence-electron chi connectivity index (χ1n) is 22.8. The molecule has 0 aliphatic carbocycles. The van der Waals surface area contributed by atoms with Crippen LogP contribution in [0.4, 0.5) is 0 Å². The van der Waals surface area contributed by atoms with E-state index in [0.29, 0.717) is 6.61 Å². The quantitative estimate of drug-likeness (QED) is 0.0238. The number of ether oxygens (including phenoxy) is 2. The van der Waals surface area contributed by atoms with Crippen molar-refractivity contribution in [3.63, 3.8) is 0 Å². The zero-order valence-corrected chi connectivity index (χ0v) is 36.6. The number of esters is 1. The molecule has 0 fully saturated rings. The molecular weight excluding hydrogens is 715 g/mol.